The molecule has 2 aromatic carbocycles. The van der Waals surface area contributed by atoms with Crippen molar-refractivity contribution in [1.29, 1.82) is 0 Å². The van der Waals surface area contributed by atoms with Gasteiger partial charge in [-0.2, -0.15) is 0 Å². The van der Waals surface area contributed by atoms with Crippen molar-refractivity contribution in [1.82, 2.24) is 0 Å². The van der Waals surface area contributed by atoms with Crippen LogP contribution in [-0.4, -0.2) is 5.11 Å². The van der Waals surface area contributed by atoms with Gasteiger partial charge in [0.15, 0.2) is 0 Å². The summed E-state index contributed by atoms with van der Waals surface area (Å²) < 4.78 is 6.04. The van der Waals surface area contributed by atoms with Crippen LogP contribution in [0.5, 0.6) is 11.5 Å². The Hall–Kier alpha value is -1.80. The summed E-state index contributed by atoms with van der Waals surface area (Å²) >= 11 is 0. The summed E-state index contributed by atoms with van der Waals surface area (Å²) in [5.41, 5.74) is 3.32. The maximum atomic E-state index is 9.82. The van der Waals surface area contributed by atoms with Crippen molar-refractivity contribution in [2.45, 2.75) is 46.1 Å². The number of ether oxygens (including phenoxy) is 1. The van der Waals surface area contributed by atoms with E-state index in [4.69, 9.17) is 4.74 Å². The number of aliphatic hydroxyl groups excluding tert-OH is 1. The molecule has 0 saturated heterocycles. The molecular formula is C19H24O2. The molecule has 0 aliphatic heterocycles. The van der Waals surface area contributed by atoms with Gasteiger partial charge in [-0.15, -0.1) is 0 Å². The Morgan fingerprint density at radius 2 is 1.71 bits per heavy atom. The fourth-order valence-corrected chi connectivity index (χ4v) is 2.33. The molecule has 0 amide bonds. The highest BCUT2D eigenvalue weighted by Crippen LogP contribution is 2.32. The summed E-state index contributed by atoms with van der Waals surface area (Å²) in [4.78, 5) is 0. The van der Waals surface area contributed by atoms with Crippen LogP contribution in [0.25, 0.3) is 0 Å². The Balaban J connectivity index is 2.24. The second kappa shape index (κ2) is 6.77. The molecular weight excluding hydrogens is 260 g/mol. The average molecular weight is 284 g/mol. The van der Waals surface area contributed by atoms with Gasteiger partial charge in [-0.1, -0.05) is 45.0 Å². The first-order chi connectivity index (χ1) is 10.0. The second-order valence-electron chi connectivity index (χ2n) is 5.79. The van der Waals surface area contributed by atoms with E-state index in [0.717, 1.165) is 23.5 Å². The number of benzene rings is 2. The van der Waals surface area contributed by atoms with E-state index in [1.807, 2.05) is 31.2 Å². The predicted molar refractivity (Wildman–Crippen MR) is 87.0 cm³/mol. The zero-order chi connectivity index (χ0) is 15.4. The molecule has 0 heterocycles. The maximum Gasteiger partial charge on any atom is 0.131 e. The van der Waals surface area contributed by atoms with E-state index < -0.39 is 6.10 Å². The van der Waals surface area contributed by atoms with Gasteiger partial charge in [0.1, 0.15) is 11.5 Å². The lowest BCUT2D eigenvalue weighted by Gasteiger charge is -2.15. The van der Waals surface area contributed by atoms with Gasteiger partial charge in [0, 0.05) is 0 Å². The van der Waals surface area contributed by atoms with Crippen molar-refractivity contribution in [3.63, 3.8) is 0 Å². The van der Waals surface area contributed by atoms with Crippen LogP contribution in [0.2, 0.25) is 0 Å². The molecule has 0 saturated carbocycles. The van der Waals surface area contributed by atoms with Crippen molar-refractivity contribution in [2.24, 2.45) is 0 Å². The lowest BCUT2D eigenvalue weighted by Crippen LogP contribution is -1.96. The zero-order valence-corrected chi connectivity index (χ0v) is 13.3. The van der Waals surface area contributed by atoms with Gasteiger partial charge in [-0.3, -0.25) is 0 Å². The van der Waals surface area contributed by atoms with Crippen LogP contribution in [0.1, 0.15) is 55.9 Å². The van der Waals surface area contributed by atoms with E-state index in [1.165, 1.54) is 11.1 Å². The van der Waals surface area contributed by atoms with E-state index in [0.29, 0.717) is 5.92 Å². The quantitative estimate of drug-likeness (QED) is 0.801. The molecule has 0 spiro atoms. The summed E-state index contributed by atoms with van der Waals surface area (Å²) in [5, 5.41) is 9.82. The molecule has 0 radical (unpaired) electrons. The minimum atomic E-state index is -0.399. The lowest BCUT2D eigenvalue weighted by atomic mass is 10.0. The Morgan fingerprint density at radius 1 is 1.05 bits per heavy atom. The van der Waals surface area contributed by atoms with E-state index in [2.05, 4.69) is 39.0 Å². The first kappa shape index (κ1) is 15.6. The van der Waals surface area contributed by atoms with Gasteiger partial charge in [0.25, 0.3) is 0 Å². The number of aryl methyl sites for hydroxylation is 1. The van der Waals surface area contributed by atoms with Crippen LogP contribution >= 0.6 is 0 Å². The van der Waals surface area contributed by atoms with E-state index in [1.54, 1.807) is 0 Å². The lowest BCUT2D eigenvalue weighted by molar-refractivity contribution is 0.173. The predicted octanol–water partition coefficient (Wildman–Crippen LogP) is 5.35. The normalized spacial score (nSPS) is 12.5. The van der Waals surface area contributed by atoms with E-state index >= 15 is 0 Å². The Labute approximate surface area is 127 Å². The molecule has 1 atom stereocenters. The van der Waals surface area contributed by atoms with Crippen molar-refractivity contribution in [3.05, 3.63) is 59.2 Å². The van der Waals surface area contributed by atoms with Crippen molar-refractivity contribution >= 4 is 0 Å². The van der Waals surface area contributed by atoms with Crippen LogP contribution < -0.4 is 4.74 Å². The summed E-state index contributed by atoms with van der Waals surface area (Å²) in [6.45, 7) is 8.37. The molecule has 0 bridgehead atoms. The minimum absolute atomic E-state index is 0.399. The van der Waals surface area contributed by atoms with E-state index in [9.17, 15) is 5.11 Å². The summed E-state index contributed by atoms with van der Waals surface area (Å²) in [6, 6.07) is 14.0. The minimum Gasteiger partial charge on any atom is -0.457 e. The largest absolute Gasteiger partial charge is 0.457 e. The van der Waals surface area contributed by atoms with E-state index in [-0.39, 0.29) is 0 Å². The van der Waals surface area contributed by atoms with Gasteiger partial charge < -0.3 is 9.84 Å². The molecule has 2 rings (SSSR count). The van der Waals surface area contributed by atoms with Crippen LogP contribution in [-0.2, 0) is 0 Å². The SMILES string of the molecule is CC[C@H](O)c1ccc(Oc2cc(C)ccc2C(C)C)cc1. The standard InChI is InChI=1S/C19H24O2/c1-5-18(20)15-7-9-16(10-8-15)21-19-12-14(4)6-11-17(19)13(2)3/h6-13,18,20H,5H2,1-4H3/t18-/m0/s1. The van der Waals surface area contributed by atoms with Gasteiger partial charge in [0.05, 0.1) is 6.10 Å². The van der Waals surface area contributed by atoms with Gasteiger partial charge in [-0.25, -0.2) is 0 Å². The zero-order valence-electron chi connectivity index (χ0n) is 13.3. The molecule has 0 aromatic heterocycles. The van der Waals surface area contributed by atoms with Crippen LogP contribution in [0.3, 0.4) is 0 Å². The molecule has 0 fully saturated rings. The second-order valence-corrected chi connectivity index (χ2v) is 5.79. The molecule has 1 N–H and O–H groups in total. The Morgan fingerprint density at radius 3 is 2.29 bits per heavy atom. The molecule has 2 aromatic rings. The van der Waals surface area contributed by atoms with Crippen LogP contribution in [0, 0.1) is 6.92 Å². The summed E-state index contributed by atoms with van der Waals surface area (Å²) in [5.74, 6) is 2.13. The number of hydrogen-bond donors (Lipinski definition) is 1. The van der Waals surface area contributed by atoms with Crippen molar-refractivity contribution in [2.75, 3.05) is 0 Å². The number of aliphatic hydroxyl groups is 1. The molecule has 0 aliphatic rings. The molecule has 0 unspecified atom stereocenters. The fourth-order valence-electron chi connectivity index (χ4n) is 2.33. The molecule has 2 heteroatoms. The van der Waals surface area contributed by atoms with Crippen molar-refractivity contribution < 1.29 is 9.84 Å². The van der Waals surface area contributed by atoms with Crippen molar-refractivity contribution in [3.8, 4) is 11.5 Å². The highest BCUT2D eigenvalue weighted by atomic mass is 16.5. The van der Waals surface area contributed by atoms with Crippen LogP contribution in [0.4, 0.5) is 0 Å². The highest BCUT2D eigenvalue weighted by Gasteiger charge is 2.10. The first-order valence-corrected chi connectivity index (χ1v) is 7.57. The van der Waals surface area contributed by atoms with Gasteiger partial charge in [-0.05, 0) is 54.2 Å². The fraction of sp³-hybridized carbons (Fsp3) is 0.368. The Kier molecular flexibility index (Phi) is 5.03. The highest BCUT2D eigenvalue weighted by molar-refractivity contribution is 5.42. The molecule has 0 aliphatic carbocycles. The van der Waals surface area contributed by atoms with Gasteiger partial charge in [0.2, 0.25) is 0 Å². The summed E-state index contributed by atoms with van der Waals surface area (Å²) in [7, 11) is 0. The number of rotatable bonds is 5. The first-order valence-electron chi connectivity index (χ1n) is 7.57. The molecule has 21 heavy (non-hydrogen) atoms. The smallest absolute Gasteiger partial charge is 0.131 e. The Bertz CT molecular complexity index is 585. The monoisotopic (exact) mass is 284 g/mol. The third-order valence-electron chi connectivity index (χ3n) is 3.67. The van der Waals surface area contributed by atoms with Crippen LogP contribution in [0.15, 0.2) is 42.5 Å². The topological polar surface area (TPSA) is 29.5 Å². The average Bonchev–Trinajstić information content (AvgIpc) is 2.47. The molecule has 2 nitrogen and oxygen atoms in total. The summed E-state index contributed by atoms with van der Waals surface area (Å²) in [6.07, 6.45) is 0.319. The number of hydrogen-bond acceptors (Lipinski definition) is 2. The third-order valence-corrected chi connectivity index (χ3v) is 3.67. The maximum absolute atomic E-state index is 9.82. The third kappa shape index (κ3) is 3.85. The van der Waals surface area contributed by atoms with Gasteiger partial charge >= 0.3 is 0 Å². The molecule has 112 valence electrons.